The van der Waals surface area contributed by atoms with E-state index < -0.39 is 11.3 Å². The average Bonchev–Trinajstić information content (AvgIpc) is 2.48. The largest absolute Gasteiger partial charge is 0.755 e. The quantitative estimate of drug-likeness (QED) is 0.520. The van der Waals surface area contributed by atoms with Gasteiger partial charge in [0.1, 0.15) is 11.5 Å². The second-order valence-electron chi connectivity index (χ2n) is 2.26. The van der Waals surface area contributed by atoms with E-state index in [1.54, 1.807) is 6.07 Å². The fourth-order valence-electron chi connectivity index (χ4n) is 1.02. The minimum absolute atomic E-state index is 0.245. The second kappa shape index (κ2) is 3.06. The zero-order valence-electron chi connectivity index (χ0n) is 6.18. The Morgan fingerprint density at radius 3 is 3.00 bits per heavy atom. The maximum atomic E-state index is 10.6. The Kier molecular flexibility index (Phi) is 2.03. The van der Waals surface area contributed by atoms with Crippen LogP contribution in [-0.4, -0.2) is 22.7 Å². The Morgan fingerprint density at radius 2 is 2.31 bits per heavy atom. The van der Waals surface area contributed by atoms with Crippen LogP contribution >= 0.6 is 11.6 Å². The maximum Gasteiger partial charge on any atom is 0.155 e. The first-order valence-electron chi connectivity index (χ1n) is 3.27. The highest BCUT2D eigenvalue weighted by Crippen LogP contribution is 2.19. The summed E-state index contributed by atoms with van der Waals surface area (Å²) in [4.78, 5) is 7.52. The summed E-state index contributed by atoms with van der Waals surface area (Å²) in [6.07, 6.45) is 2.59. The molecule has 0 aromatic carbocycles. The fourth-order valence-corrected chi connectivity index (χ4v) is 1.66. The van der Waals surface area contributed by atoms with Gasteiger partial charge < -0.3 is 4.55 Å². The summed E-state index contributed by atoms with van der Waals surface area (Å²) in [5, 5.41) is 0.766. The summed E-state index contributed by atoms with van der Waals surface area (Å²) in [7, 11) is 0. The van der Waals surface area contributed by atoms with Crippen LogP contribution < -0.4 is 0 Å². The monoisotopic (exact) mass is 216 g/mol. The van der Waals surface area contributed by atoms with Crippen molar-refractivity contribution in [3.63, 3.8) is 0 Å². The molecule has 0 saturated carbocycles. The van der Waals surface area contributed by atoms with Crippen LogP contribution in [0.3, 0.4) is 0 Å². The Balaban J connectivity index is 2.83. The topological polar surface area (TPSA) is 70.8 Å². The van der Waals surface area contributed by atoms with Gasteiger partial charge in [-0.05, 0) is 6.07 Å². The third-order valence-corrected chi connectivity index (χ3v) is 2.48. The zero-order valence-corrected chi connectivity index (χ0v) is 7.75. The predicted octanol–water partition coefficient (Wildman–Crippen LogP) is 0.727. The van der Waals surface area contributed by atoms with Gasteiger partial charge in [0.15, 0.2) is 5.65 Å². The average molecular weight is 217 g/mol. The van der Waals surface area contributed by atoms with E-state index in [1.807, 2.05) is 0 Å². The number of hydrogen-bond acceptors (Lipinski definition) is 4. The van der Waals surface area contributed by atoms with E-state index in [0.717, 1.165) is 3.97 Å². The fraction of sp³-hybridized carbons (Fsp3) is 0. The minimum atomic E-state index is -2.36. The highest BCUT2D eigenvalue weighted by atomic mass is 35.5. The van der Waals surface area contributed by atoms with Gasteiger partial charge in [0.2, 0.25) is 0 Å². The third-order valence-electron chi connectivity index (χ3n) is 1.56. The van der Waals surface area contributed by atoms with Gasteiger partial charge in [0.05, 0.1) is 16.7 Å². The van der Waals surface area contributed by atoms with Gasteiger partial charge in [-0.1, -0.05) is 11.6 Å². The lowest BCUT2D eigenvalue weighted by Crippen LogP contribution is -2.01. The molecule has 0 bridgehead atoms. The molecule has 0 spiro atoms. The molecule has 0 saturated heterocycles. The van der Waals surface area contributed by atoms with Crippen LogP contribution in [0.2, 0.25) is 5.15 Å². The van der Waals surface area contributed by atoms with Crippen molar-refractivity contribution < 1.29 is 8.76 Å². The predicted molar refractivity (Wildman–Crippen MR) is 46.9 cm³/mol. The van der Waals surface area contributed by atoms with E-state index in [2.05, 4.69) is 9.97 Å². The summed E-state index contributed by atoms with van der Waals surface area (Å²) in [6.45, 7) is 0. The molecule has 0 aliphatic carbocycles. The van der Waals surface area contributed by atoms with Crippen molar-refractivity contribution in [2.24, 2.45) is 0 Å². The van der Waals surface area contributed by atoms with Crippen molar-refractivity contribution in [1.82, 2.24) is 13.9 Å². The number of aromatic nitrogens is 3. The summed E-state index contributed by atoms with van der Waals surface area (Å²) in [5.74, 6) is 0. The van der Waals surface area contributed by atoms with Gasteiger partial charge in [-0.2, -0.15) is 0 Å². The highest BCUT2D eigenvalue weighted by molar-refractivity contribution is 7.77. The van der Waals surface area contributed by atoms with E-state index in [1.165, 1.54) is 12.5 Å². The van der Waals surface area contributed by atoms with Crippen LogP contribution in [0.25, 0.3) is 11.0 Å². The molecule has 2 heterocycles. The van der Waals surface area contributed by atoms with Crippen molar-refractivity contribution in [2.45, 2.75) is 0 Å². The molecule has 0 fully saturated rings. The van der Waals surface area contributed by atoms with Gasteiger partial charge >= 0.3 is 0 Å². The van der Waals surface area contributed by atoms with Crippen molar-refractivity contribution >= 4 is 33.9 Å². The molecule has 0 amide bonds. The van der Waals surface area contributed by atoms with Crippen LogP contribution in [0.15, 0.2) is 18.6 Å². The molecule has 2 rings (SSSR count). The third kappa shape index (κ3) is 1.32. The molecule has 2 aromatic heterocycles. The molecule has 0 aliphatic rings. The number of nitrogens with zero attached hydrogens (tertiary/aromatic N) is 3. The molecular formula is C6H3ClN3O2S-. The first kappa shape index (κ1) is 8.61. The van der Waals surface area contributed by atoms with Crippen LogP contribution in [0, 0.1) is 0 Å². The Morgan fingerprint density at radius 1 is 1.54 bits per heavy atom. The number of hydrogen-bond donors (Lipinski definition) is 0. The lowest BCUT2D eigenvalue weighted by molar-refractivity contribution is 0.529. The lowest BCUT2D eigenvalue weighted by atomic mass is 10.4. The van der Waals surface area contributed by atoms with Crippen molar-refractivity contribution in [2.75, 3.05) is 0 Å². The molecule has 7 heteroatoms. The first-order chi connectivity index (χ1) is 6.20. The summed E-state index contributed by atoms with van der Waals surface area (Å²) < 4.78 is 22.3. The molecule has 13 heavy (non-hydrogen) atoms. The normalized spacial score (nSPS) is 13.4. The first-order valence-corrected chi connectivity index (χ1v) is 4.68. The van der Waals surface area contributed by atoms with Crippen LogP contribution in [0.5, 0.6) is 0 Å². The maximum absolute atomic E-state index is 10.6. The van der Waals surface area contributed by atoms with E-state index in [9.17, 15) is 8.76 Å². The smallest absolute Gasteiger partial charge is 0.155 e. The van der Waals surface area contributed by atoms with E-state index in [-0.39, 0.29) is 10.8 Å². The van der Waals surface area contributed by atoms with Crippen molar-refractivity contribution in [3.05, 3.63) is 23.7 Å². The standard InChI is InChI=1S/C6H4ClN3O2S/c7-5-4-1-2-10(13(11)12)6(4)9-3-8-5/h1-3H,(H,11,12)/p-1. The molecule has 1 atom stereocenters. The van der Waals surface area contributed by atoms with Crippen LogP contribution in [0.4, 0.5) is 0 Å². The second-order valence-corrected chi connectivity index (χ2v) is 3.45. The SMILES string of the molecule is O=S([O-])n1ccc2c(Cl)ncnc21. The molecule has 68 valence electrons. The summed E-state index contributed by atoms with van der Waals surface area (Å²) in [6, 6.07) is 1.55. The van der Waals surface area contributed by atoms with Crippen molar-refractivity contribution in [1.29, 1.82) is 0 Å². The molecule has 5 nitrogen and oxygen atoms in total. The Labute approximate surface area is 80.8 Å². The molecule has 0 radical (unpaired) electrons. The van der Waals surface area contributed by atoms with E-state index in [0.29, 0.717) is 5.39 Å². The van der Waals surface area contributed by atoms with Gasteiger partial charge in [-0.3, -0.25) is 8.18 Å². The Hall–Kier alpha value is -0.980. The van der Waals surface area contributed by atoms with Gasteiger partial charge in [0.25, 0.3) is 0 Å². The lowest BCUT2D eigenvalue weighted by Gasteiger charge is -2.05. The Bertz CT molecular complexity index is 484. The molecule has 0 N–H and O–H groups in total. The van der Waals surface area contributed by atoms with Gasteiger partial charge in [-0.25, -0.2) is 9.97 Å². The zero-order chi connectivity index (χ0) is 9.42. The highest BCUT2D eigenvalue weighted by Gasteiger charge is 2.05. The molecular weight excluding hydrogens is 214 g/mol. The van der Waals surface area contributed by atoms with Gasteiger partial charge in [0, 0.05) is 6.20 Å². The summed E-state index contributed by atoms with van der Waals surface area (Å²) in [5.41, 5.74) is 0.285. The molecule has 0 aliphatic heterocycles. The summed E-state index contributed by atoms with van der Waals surface area (Å²) >= 11 is 3.35. The van der Waals surface area contributed by atoms with Crippen molar-refractivity contribution in [3.8, 4) is 0 Å². The van der Waals surface area contributed by atoms with E-state index >= 15 is 0 Å². The molecule has 1 unspecified atom stereocenters. The molecule has 2 aromatic rings. The number of rotatable bonds is 1. The number of fused-ring (bicyclic) bond motifs is 1. The minimum Gasteiger partial charge on any atom is -0.755 e. The number of halogens is 1. The van der Waals surface area contributed by atoms with E-state index in [4.69, 9.17) is 11.6 Å². The van der Waals surface area contributed by atoms with Crippen LogP contribution in [0.1, 0.15) is 0 Å². The van der Waals surface area contributed by atoms with Crippen LogP contribution in [-0.2, 0) is 11.3 Å². The van der Waals surface area contributed by atoms with Gasteiger partial charge in [-0.15, -0.1) is 0 Å².